The van der Waals surface area contributed by atoms with Crippen molar-refractivity contribution in [3.05, 3.63) is 22.4 Å². The Hall–Kier alpha value is -0.660. The number of thiophene rings is 1. The highest BCUT2D eigenvalue weighted by molar-refractivity contribution is 7.91. The molecule has 2 heterocycles. The summed E-state index contributed by atoms with van der Waals surface area (Å²) >= 11 is 6.86. The molecule has 1 aromatic rings. The van der Waals surface area contributed by atoms with Crippen LogP contribution < -0.4 is 10.6 Å². The Bertz CT molecular complexity index is 524. The smallest absolute Gasteiger partial charge is 0.167 e. The maximum Gasteiger partial charge on any atom is 0.167 e. The highest BCUT2D eigenvalue weighted by Gasteiger charge is 2.38. The lowest BCUT2D eigenvalue weighted by atomic mass is 10.0. The molecule has 0 unspecified atom stereocenters. The van der Waals surface area contributed by atoms with Crippen molar-refractivity contribution >= 4 is 38.5 Å². The van der Waals surface area contributed by atoms with Gasteiger partial charge in [-0.25, -0.2) is 8.42 Å². The summed E-state index contributed by atoms with van der Waals surface area (Å²) in [7, 11) is -2.91. The van der Waals surface area contributed by atoms with Crippen LogP contribution in [0.15, 0.2) is 17.5 Å². The second-order valence-corrected chi connectivity index (χ2v) is 8.41. The fraction of sp³-hybridized carbons (Fsp3) is 0.545. The van der Waals surface area contributed by atoms with Crippen molar-refractivity contribution in [3.8, 4) is 0 Å². The zero-order valence-corrected chi connectivity index (χ0v) is 12.6. The standard InChI is InChI=1S/C11H16N2O2S3/c1-11(4-6-18(14,15)8-11)13-10(16)12-7-9-3-2-5-17-9/h2-3,5H,4,6-8H2,1H3,(H2,12,13,16)/t11-/m0/s1. The first-order valence-electron chi connectivity index (χ1n) is 5.67. The van der Waals surface area contributed by atoms with Gasteiger partial charge in [-0.05, 0) is 37.0 Å². The molecule has 2 rings (SSSR count). The van der Waals surface area contributed by atoms with Gasteiger partial charge in [-0.15, -0.1) is 11.3 Å². The third kappa shape index (κ3) is 3.66. The Kier molecular flexibility index (Phi) is 3.93. The van der Waals surface area contributed by atoms with E-state index >= 15 is 0 Å². The lowest BCUT2D eigenvalue weighted by Crippen LogP contribution is -2.50. The van der Waals surface area contributed by atoms with Gasteiger partial charge < -0.3 is 10.6 Å². The Morgan fingerprint density at radius 3 is 2.94 bits per heavy atom. The zero-order valence-electron chi connectivity index (χ0n) is 10.1. The van der Waals surface area contributed by atoms with Crippen LogP contribution in [-0.2, 0) is 16.4 Å². The summed E-state index contributed by atoms with van der Waals surface area (Å²) in [6.45, 7) is 2.57. The van der Waals surface area contributed by atoms with Crippen molar-refractivity contribution in [2.75, 3.05) is 11.5 Å². The van der Waals surface area contributed by atoms with Crippen LogP contribution in [0.2, 0.25) is 0 Å². The molecule has 1 aliphatic heterocycles. The molecule has 0 radical (unpaired) electrons. The van der Waals surface area contributed by atoms with E-state index < -0.39 is 15.4 Å². The van der Waals surface area contributed by atoms with Gasteiger partial charge in [0.05, 0.1) is 23.6 Å². The second kappa shape index (κ2) is 5.14. The van der Waals surface area contributed by atoms with Crippen LogP contribution in [0.25, 0.3) is 0 Å². The van der Waals surface area contributed by atoms with Crippen LogP contribution in [0.4, 0.5) is 0 Å². The summed E-state index contributed by atoms with van der Waals surface area (Å²) in [5.41, 5.74) is -0.432. The van der Waals surface area contributed by atoms with Crippen molar-refractivity contribution in [2.45, 2.75) is 25.4 Å². The molecule has 18 heavy (non-hydrogen) atoms. The van der Waals surface area contributed by atoms with E-state index in [1.54, 1.807) is 11.3 Å². The van der Waals surface area contributed by atoms with Gasteiger partial charge in [0.15, 0.2) is 14.9 Å². The van der Waals surface area contributed by atoms with Gasteiger partial charge in [-0.1, -0.05) is 6.07 Å². The summed E-state index contributed by atoms with van der Waals surface area (Å²) in [4.78, 5) is 1.20. The molecule has 4 nitrogen and oxygen atoms in total. The molecule has 0 bridgehead atoms. The third-order valence-corrected chi connectivity index (χ3v) is 5.95. The monoisotopic (exact) mass is 304 g/mol. The molecule has 0 saturated carbocycles. The number of nitrogens with one attached hydrogen (secondary N) is 2. The Morgan fingerprint density at radius 2 is 2.39 bits per heavy atom. The normalized spacial score (nSPS) is 25.8. The van der Waals surface area contributed by atoms with Crippen molar-refractivity contribution in [2.24, 2.45) is 0 Å². The Balaban J connectivity index is 1.84. The average molecular weight is 304 g/mol. The summed E-state index contributed by atoms with van der Waals surface area (Å²) in [6, 6.07) is 4.02. The van der Waals surface area contributed by atoms with Crippen LogP contribution in [0.3, 0.4) is 0 Å². The summed E-state index contributed by atoms with van der Waals surface area (Å²) in [5.74, 6) is 0.394. The van der Waals surface area contributed by atoms with Gasteiger partial charge in [0.1, 0.15) is 0 Å². The number of hydrogen-bond donors (Lipinski definition) is 2. The second-order valence-electron chi connectivity index (χ2n) is 4.79. The van der Waals surface area contributed by atoms with Crippen LogP contribution >= 0.6 is 23.6 Å². The summed E-state index contributed by atoms with van der Waals surface area (Å²) in [5, 5.41) is 8.75. The van der Waals surface area contributed by atoms with Gasteiger partial charge in [-0.3, -0.25) is 0 Å². The molecule has 0 spiro atoms. The molecule has 1 aliphatic rings. The van der Waals surface area contributed by atoms with E-state index in [4.69, 9.17) is 12.2 Å². The lowest BCUT2D eigenvalue weighted by Gasteiger charge is -2.25. The summed E-state index contributed by atoms with van der Waals surface area (Å²) in [6.07, 6.45) is 0.607. The summed E-state index contributed by atoms with van der Waals surface area (Å²) < 4.78 is 22.9. The molecule has 7 heteroatoms. The quantitative estimate of drug-likeness (QED) is 0.824. The van der Waals surface area contributed by atoms with Gasteiger partial charge >= 0.3 is 0 Å². The van der Waals surface area contributed by atoms with Gasteiger partial charge in [0, 0.05) is 4.88 Å². The van der Waals surface area contributed by atoms with Gasteiger partial charge in [0.2, 0.25) is 0 Å². The molecule has 1 atom stereocenters. The molecule has 100 valence electrons. The van der Waals surface area contributed by atoms with E-state index in [-0.39, 0.29) is 11.5 Å². The number of rotatable bonds is 3. The average Bonchev–Trinajstić information content (AvgIpc) is 2.84. The Morgan fingerprint density at radius 1 is 1.61 bits per heavy atom. The third-order valence-electron chi connectivity index (χ3n) is 2.92. The van der Waals surface area contributed by atoms with E-state index in [0.29, 0.717) is 18.1 Å². The molecule has 2 N–H and O–H groups in total. The SMILES string of the molecule is C[C@]1(NC(=S)NCc2cccs2)CCS(=O)(=O)C1. The first-order valence-corrected chi connectivity index (χ1v) is 8.78. The molecule has 1 aromatic heterocycles. The van der Waals surface area contributed by atoms with Crippen LogP contribution in [0.5, 0.6) is 0 Å². The van der Waals surface area contributed by atoms with Crippen LogP contribution in [-0.4, -0.2) is 30.6 Å². The lowest BCUT2D eigenvalue weighted by molar-refractivity contribution is 0.468. The molecule has 1 fully saturated rings. The van der Waals surface area contributed by atoms with Gasteiger partial charge in [0.25, 0.3) is 0 Å². The predicted molar refractivity (Wildman–Crippen MR) is 78.6 cm³/mol. The van der Waals surface area contributed by atoms with E-state index in [0.717, 1.165) is 0 Å². The van der Waals surface area contributed by atoms with Crippen molar-refractivity contribution < 1.29 is 8.42 Å². The van der Waals surface area contributed by atoms with E-state index in [9.17, 15) is 8.42 Å². The van der Waals surface area contributed by atoms with Crippen LogP contribution in [0.1, 0.15) is 18.2 Å². The first-order chi connectivity index (χ1) is 8.39. The minimum atomic E-state index is -2.91. The topological polar surface area (TPSA) is 58.2 Å². The molecule has 0 aromatic carbocycles. The largest absolute Gasteiger partial charge is 0.358 e. The molecule has 0 amide bonds. The number of thiocarbonyl (C=S) groups is 1. The van der Waals surface area contributed by atoms with Crippen molar-refractivity contribution in [3.63, 3.8) is 0 Å². The fourth-order valence-corrected chi connectivity index (χ4v) is 5.06. The predicted octanol–water partition coefficient (Wildman–Crippen LogP) is 1.29. The minimum Gasteiger partial charge on any atom is -0.358 e. The highest BCUT2D eigenvalue weighted by Crippen LogP contribution is 2.22. The number of sulfone groups is 1. The van der Waals surface area contributed by atoms with E-state index in [2.05, 4.69) is 10.6 Å². The highest BCUT2D eigenvalue weighted by atomic mass is 32.2. The number of hydrogen-bond acceptors (Lipinski definition) is 4. The first kappa shape index (κ1) is 13.8. The molecule has 0 aliphatic carbocycles. The van der Waals surface area contributed by atoms with Crippen LogP contribution in [0, 0.1) is 0 Å². The molecular weight excluding hydrogens is 288 g/mol. The molecule has 1 saturated heterocycles. The van der Waals surface area contributed by atoms with E-state index in [1.165, 1.54) is 4.88 Å². The minimum absolute atomic E-state index is 0.154. The maximum atomic E-state index is 11.5. The van der Waals surface area contributed by atoms with E-state index in [1.807, 2.05) is 24.4 Å². The van der Waals surface area contributed by atoms with Crippen molar-refractivity contribution in [1.82, 2.24) is 10.6 Å². The zero-order chi connectivity index (χ0) is 13.2. The maximum absolute atomic E-state index is 11.5. The van der Waals surface area contributed by atoms with Gasteiger partial charge in [-0.2, -0.15) is 0 Å². The Labute approximate surface area is 117 Å². The molecular formula is C11H16N2O2S3. The fourth-order valence-electron chi connectivity index (χ4n) is 2.01. The van der Waals surface area contributed by atoms with Crippen molar-refractivity contribution in [1.29, 1.82) is 0 Å².